The fourth-order valence-corrected chi connectivity index (χ4v) is 2.81. The molecule has 4 rings (SSSR count). The topological polar surface area (TPSA) is 72.3 Å². The normalized spacial score (nSPS) is 11.1. The van der Waals surface area contributed by atoms with Crippen molar-refractivity contribution in [2.75, 3.05) is 0 Å². The number of para-hydroxylation sites is 1. The van der Waals surface area contributed by atoms with Crippen molar-refractivity contribution in [3.8, 4) is 11.5 Å². The lowest BCUT2D eigenvalue weighted by Gasteiger charge is -2.11. The van der Waals surface area contributed by atoms with E-state index in [4.69, 9.17) is 9.84 Å². The van der Waals surface area contributed by atoms with E-state index in [0.29, 0.717) is 33.5 Å². The minimum atomic E-state index is -1.40. The van der Waals surface area contributed by atoms with Gasteiger partial charge in [0.2, 0.25) is 5.95 Å². The first kappa shape index (κ1) is 16.8. The number of rotatable bonds is 3. The Morgan fingerprint density at radius 1 is 1.04 bits per heavy atom. The van der Waals surface area contributed by atoms with E-state index in [1.54, 1.807) is 37.3 Å². The minimum absolute atomic E-state index is 0.256. The van der Waals surface area contributed by atoms with Crippen LogP contribution in [0.1, 0.15) is 16.1 Å². The smallest absolute Gasteiger partial charge is 0.340 e. The van der Waals surface area contributed by atoms with Gasteiger partial charge in [0.1, 0.15) is 28.4 Å². The second-order valence-electron chi connectivity index (χ2n) is 5.97. The van der Waals surface area contributed by atoms with Crippen LogP contribution in [0.3, 0.4) is 0 Å². The Morgan fingerprint density at radius 2 is 1.85 bits per heavy atom. The molecule has 0 amide bonds. The van der Waals surface area contributed by atoms with E-state index < -0.39 is 23.3 Å². The molecule has 0 unspecified atom stereocenters. The maximum absolute atomic E-state index is 13.8. The summed E-state index contributed by atoms with van der Waals surface area (Å²) in [4.78, 5) is 19.0. The van der Waals surface area contributed by atoms with Crippen molar-refractivity contribution in [2.24, 2.45) is 0 Å². The second kappa shape index (κ2) is 6.28. The van der Waals surface area contributed by atoms with Crippen LogP contribution in [-0.4, -0.2) is 21.0 Å². The van der Waals surface area contributed by atoms with Crippen LogP contribution >= 0.6 is 0 Å². The highest BCUT2D eigenvalue weighted by atomic mass is 19.1. The monoisotopic (exact) mass is 366 g/mol. The van der Waals surface area contributed by atoms with Crippen LogP contribution in [0.4, 0.5) is 8.78 Å². The zero-order valence-corrected chi connectivity index (χ0v) is 14.0. The first-order valence-electron chi connectivity index (χ1n) is 8.00. The van der Waals surface area contributed by atoms with Gasteiger partial charge < -0.3 is 9.84 Å². The fourth-order valence-electron chi connectivity index (χ4n) is 2.81. The maximum atomic E-state index is 13.8. The number of nitrogens with zero attached hydrogens (tertiary/aromatic N) is 2. The van der Waals surface area contributed by atoms with E-state index in [9.17, 15) is 13.6 Å². The lowest BCUT2D eigenvalue weighted by Crippen LogP contribution is -2.02. The molecule has 134 valence electrons. The molecule has 0 aliphatic carbocycles. The molecule has 0 bridgehead atoms. The van der Waals surface area contributed by atoms with Gasteiger partial charge in [0.25, 0.3) is 0 Å². The standard InChI is InChI=1S/C20H12F2N2O3/c1-10-17(9-11-3-2-4-15(21)18(11)23-10)27-13-5-6-16-12(7-13)8-14(20(25)26)19(22)24-16/h2-9H,1H3,(H,25,26). The third-order valence-corrected chi connectivity index (χ3v) is 4.14. The first-order chi connectivity index (χ1) is 12.9. The lowest BCUT2D eigenvalue weighted by atomic mass is 10.1. The van der Waals surface area contributed by atoms with E-state index in [1.165, 1.54) is 18.2 Å². The summed E-state index contributed by atoms with van der Waals surface area (Å²) >= 11 is 0. The average Bonchev–Trinajstić information content (AvgIpc) is 2.63. The number of carboxylic acid groups (broad SMARTS) is 1. The Morgan fingerprint density at radius 3 is 2.63 bits per heavy atom. The summed E-state index contributed by atoms with van der Waals surface area (Å²) in [7, 11) is 0. The van der Waals surface area contributed by atoms with Crippen molar-refractivity contribution in [1.29, 1.82) is 0 Å². The molecule has 2 aromatic carbocycles. The first-order valence-corrected chi connectivity index (χ1v) is 8.00. The number of ether oxygens (including phenoxy) is 1. The van der Waals surface area contributed by atoms with Gasteiger partial charge in [-0.3, -0.25) is 0 Å². The third kappa shape index (κ3) is 3.03. The Bertz CT molecular complexity index is 1220. The number of hydrogen-bond acceptors (Lipinski definition) is 4. The lowest BCUT2D eigenvalue weighted by molar-refractivity contribution is 0.0691. The number of hydrogen-bond donors (Lipinski definition) is 1. The van der Waals surface area contributed by atoms with Gasteiger partial charge in [-0.05, 0) is 43.3 Å². The van der Waals surface area contributed by atoms with E-state index in [1.807, 2.05) is 0 Å². The van der Waals surface area contributed by atoms with E-state index in [0.717, 1.165) is 0 Å². The van der Waals surface area contributed by atoms with Crippen LogP contribution in [0.25, 0.3) is 21.8 Å². The number of carboxylic acids is 1. The number of aromatic nitrogens is 2. The fraction of sp³-hybridized carbons (Fsp3) is 0.0500. The van der Waals surface area contributed by atoms with Gasteiger partial charge >= 0.3 is 5.97 Å². The molecule has 5 nitrogen and oxygen atoms in total. The SMILES string of the molecule is Cc1nc2c(F)cccc2cc1Oc1ccc2nc(F)c(C(=O)O)cc2c1. The van der Waals surface area contributed by atoms with Gasteiger partial charge in [-0.15, -0.1) is 0 Å². The van der Waals surface area contributed by atoms with Crippen molar-refractivity contribution in [3.05, 3.63) is 71.6 Å². The zero-order valence-electron chi connectivity index (χ0n) is 14.0. The van der Waals surface area contributed by atoms with Gasteiger partial charge in [-0.25, -0.2) is 19.2 Å². The molecule has 1 N–H and O–H groups in total. The number of aryl methyl sites for hydroxylation is 1. The summed E-state index contributed by atoms with van der Waals surface area (Å²) in [6, 6.07) is 12.2. The number of pyridine rings is 2. The Kier molecular flexibility index (Phi) is 3.92. The third-order valence-electron chi connectivity index (χ3n) is 4.14. The number of halogens is 2. The van der Waals surface area contributed by atoms with Crippen molar-refractivity contribution in [2.45, 2.75) is 6.92 Å². The van der Waals surface area contributed by atoms with Gasteiger partial charge in [0.15, 0.2) is 0 Å². The average molecular weight is 366 g/mol. The van der Waals surface area contributed by atoms with Gasteiger partial charge in [-0.2, -0.15) is 4.39 Å². The van der Waals surface area contributed by atoms with Crippen molar-refractivity contribution in [3.63, 3.8) is 0 Å². The minimum Gasteiger partial charge on any atom is -0.478 e. The van der Waals surface area contributed by atoms with Crippen LogP contribution in [0.5, 0.6) is 11.5 Å². The summed E-state index contributed by atoms with van der Waals surface area (Å²) in [5, 5.41) is 10.1. The highest BCUT2D eigenvalue weighted by Crippen LogP contribution is 2.30. The van der Waals surface area contributed by atoms with Crippen LogP contribution < -0.4 is 4.74 Å². The summed E-state index contributed by atoms with van der Waals surface area (Å²) in [5.41, 5.74) is 0.543. The van der Waals surface area contributed by atoms with Crippen LogP contribution in [-0.2, 0) is 0 Å². The maximum Gasteiger partial charge on any atom is 0.340 e. The Labute approximate surface area is 151 Å². The van der Waals surface area contributed by atoms with Gasteiger partial charge in [0, 0.05) is 10.8 Å². The van der Waals surface area contributed by atoms with Gasteiger partial charge in [0.05, 0.1) is 11.2 Å². The number of benzene rings is 2. The number of aromatic carboxylic acids is 1. The molecule has 0 saturated carbocycles. The summed E-state index contributed by atoms with van der Waals surface area (Å²) in [6.07, 6.45) is 0. The predicted molar refractivity (Wildman–Crippen MR) is 95.2 cm³/mol. The summed E-state index contributed by atoms with van der Waals surface area (Å²) in [5.74, 6) is -2.03. The molecule has 0 fully saturated rings. The molecule has 27 heavy (non-hydrogen) atoms. The van der Waals surface area contributed by atoms with Crippen LogP contribution in [0.2, 0.25) is 0 Å². The van der Waals surface area contributed by atoms with Crippen molar-refractivity contribution in [1.82, 2.24) is 9.97 Å². The highest BCUT2D eigenvalue weighted by molar-refractivity contribution is 5.93. The molecular weight excluding hydrogens is 354 g/mol. The van der Waals surface area contributed by atoms with Crippen molar-refractivity contribution < 1.29 is 23.4 Å². The molecule has 0 spiro atoms. The molecule has 0 aliphatic heterocycles. The molecule has 7 heteroatoms. The molecule has 4 aromatic rings. The van der Waals surface area contributed by atoms with E-state index in [-0.39, 0.29) is 5.52 Å². The largest absolute Gasteiger partial charge is 0.478 e. The highest BCUT2D eigenvalue weighted by Gasteiger charge is 2.14. The molecule has 2 heterocycles. The number of carbonyl (C=O) groups is 1. The van der Waals surface area contributed by atoms with Crippen LogP contribution in [0, 0.1) is 18.7 Å². The summed E-state index contributed by atoms with van der Waals surface area (Å²) < 4.78 is 33.4. The van der Waals surface area contributed by atoms with Crippen LogP contribution in [0.15, 0.2) is 48.5 Å². The molecule has 0 aliphatic rings. The van der Waals surface area contributed by atoms with E-state index in [2.05, 4.69) is 9.97 Å². The summed E-state index contributed by atoms with van der Waals surface area (Å²) in [6.45, 7) is 1.70. The Balaban J connectivity index is 1.77. The molecule has 2 aromatic heterocycles. The molecular formula is C20H12F2N2O3. The quantitative estimate of drug-likeness (QED) is 0.524. The molecule has 0 radical (unpaired) electrons. The predicted octanol–water partition coefficient (Wildman–Crippen LogP) is 4.86. The van der Waals surface area contributed by atoms with E-state index >= 15 is 0 Å². The zero-order chi connectivity index (χ0) is 19.1. The Hall–Kier alpha value is -3.61. The second-order valence-corrected chi connectivity index (χ2v) is 5.97. The van der Waals surface area contributed by atoms with Crippen molar-refractivity contribution >= 4 is 27.8 Å². The molecule has 0 saturated heterocycles. The number of fused-ring (bicyclic) bond motifs is 2. The molecule has 0 atom stereocenters. The van der Waals surface area contributed by atoms with Gasteiger partial charge in [-0.1, -0.05) is 12.1 Å².